The fraction of sp³-hybridized carbons (Fsp3) is 0.188. The third-order valence-corrected chi connectivity index (χ3v) is 2.89. The Hall–Kier alpha value is -1.76. The summed E-state index contributed by atoms with van der Waals surface area (Å²) in [5.41, 5.74) is 7.86. The summed E-state index contributed by atoms with van der Waals surface area (Å²) in [5, 5.41) is 3.01. The van der Waals surface area contributed by atoms with Gasteiger partial charge in [0.15, 0.2) is 5.96 Å². The van der Waals surface area contributed by atoms with Gasteiger partial charge in [-0.25, -0.2) is 0 Å². The lowest BCUT2D eigenvalue weighted by Gasteiger charge is -2.08. The van der Waals surface area contributed by atoms with Gasteiger partial charge in [-0.1, -0.05) is 42.5 Å². The van der Waals surface area contributed by atoms with Crippen molar-refractivity contribution in [3.05, 3.63) is 65.7 Å². The highest BCUT2D eigenvalue weighted by Crippen LogP contribution is 2.14. The number of nitrogens with zero attached hydrogens (tertiary/aromatic N) is 1. The molecule has 0 spiro atoms. The van der Waals surface area contributed by atoms with E-state index in [0.29, 0.717) is 19.1 Å². The van der Waals surface area contributed by atoms with Gasteiger partial charge in [-0.15, -0.1) is 24.0 Å². The molecular formula is C16H20IN3O. The van der Waals surface area contributed by atoms with E-state index in [1.807, 2.05) is 54.6 Å². The standard InChI is InChI=1S/C16H19N3O.HI/c1-18-16(17)19-11-13-7-9-15(10-8-13)20-12-14-5-3-2-4-6-14;/h2-10H,11-12H2,1H3,(H3,17,18,19);1H. The van der Waals surface area contributed by atoms with Gasteiger partial charge in [0.05, 0.1) is 0 Å². The Morgan fingerprint density at radius 1 is 1.05 bits per heavy atom. The number of rotatable bonds is 5. The molecule has 0 heterocycles. The molecular weight excluding hydrogens is 377 g/mol. The zero-order chi connectivity index (χ0) is 14.2. The van der Waals surface area contributed by atoms with Crippen LogP contribution < -0.4 is 15.8 Å². The minimum absolute atomic E-state index is 0. The summed E-state index contributed by atoms with van der Waals surface area (Å²) in [7, 11) is 1.66. The SMILES string of the molecule is CN=C(N)NCc1ccc(OCc2ccccc2)cc1.I. The van der Waals surface area contributed by atoms with Crippen LogP contribution in [0.25, 0.3) is 0 Å². The van der Waals surface area contributed by atoms with Crippen LogP contribution in [0.1, 0.15) is 11.1 Å². The second-order valence-electron chi connectivity index (χ2n) is 4.38. The van der Waals surface area contributed by atoms with E-state index >= 15 is 0 Å². The van der Waals surface area contributed by atoms with Gasteiger partial charge in [-0.2, -0.15) is 0 Å². The molecule has 0 fully saturated rings. The molecule has 0 saturated carbocycles. The van der Waals surface area contributed by atoms with Crippen molar-refractivity contribution in [1.29, 1.82) is 0 Å². The lowest BCUT2D eigenvalue weighted by Crippen LogP contribution is -2.30. The Kier molecular flexibility index (Phi) is 7.60. The molecule has 112 valence electrons. The van der Waals surface area contributed by atoms with E-state index in [0.717, 1.165) is 16.9 Å². The van der Waals surface area contributed by atoms with Crippen molar-refractivity contribution in [3.8, 4) is 5.75 Å². The van der Waals surface area contributed by atoms with Gasteiger partial charge in [0.25, 0.3) is 0 Å². The van der Waals surface area contributed by atoms with E-state index in [-0.39, 0.29) is 24.0 Å². The number of benzene rings is 2. The van der Waals surface area contributed by atoms with Gasteiger partial charge in [-0.3, -0.25) is 4.99 Å². The van der Waals surface area contributed by atoms with Crippen LogP contribution in [0.15, 0.2) is 59.6 Å². The van der Waals surface area contributed by atoms with Crippen molar-refractivity contribution in [1.82, 2.24) is 5.32 Å². The number of halogens is 1. The molecule has 2 aromatic carbocycles. The van der Waals surface area contributed by atoms with Crippen molar-refractivity contribution >= 4 is 29.9 Å². The normalized spacial score (nSPS) is 10.6. The summed E-state index contributed by atoms with van der Waals surface area (Å²) < 4.78 is 5.72. The lowest BCUT2D eigenvalue weighted by molar-refractivity contribution is 0.306. The van der Waals surface area contributed by atoms with E-state index in [4.69, 9.17) is 10.5 Å². The first-order chi connectivity index (χ1) is 9.78. The third kappa shape index (κ3) is 6.03. The Bertz CT molecular complexity index is 555. The molecule has 2 aromatic rings. The number of aliphatic imine (C=N–C) groups is 1. The fourth-order valence-electron chi connectivity index (χ4n) is 1.72. The molecule has 3 N–H and O–H groups in total. The molecule has 2 rings (SSSR count). The highest BCUT2D eigenvalue weighted by atomic mass is 127. The van der Waals surface area contributed by atoms with Crippen molar-refractivity contribution < 1.29 is 4.74 Å². The van der Waals surface area contributed by atoms with E-state index in [1.165, 1.54) is 0 Å². The second kappa shape index (κ2) is 9.23. The number of hydrogen-bond acceptors (Lipinski definition) is 2. The first-order valence-corrected chi connectivity index (χ1v) is 6.50. The molecule has 0 aromatic heterocycles. The quantitative estimate of drug-likeness (QED) is 0.464. The first kappa shape index (κ1) is 17.3. The fourth-order valence-corrected chi connectivity index (χ4v) is 1.72. The Morgan fingerprint density at radius 2 is 1.71 bits per heavy atom. The maximum Gasteiger partial charge on any atom is 0.188 e. The molecule has 4 nitrogen and oxygen atoms in total. The van der Waals surface area contributed by atoms with E-state index < -0.39 is 0 Å². The molecule has 0 amide bonds. The molecule has 5 heteroatoms. The number of hydrogen-bond donors (Lipinski definition) is 2. The summed E-state index contributed by atoms with van der Waals surface area (Å²) >= 11 is 0. The van der Waals surface area contributed by atoms with Crippen molar-refractivity contribution in [2.45, 2.75) is 13.2 Å². The van der Waals surface area contributed by atoms with Gasteiger partial charge >= 0.3 is 0 Å². The first-order valence-electron chi connectivity index (χ1n) is 6.50. The van der Waals surface area contributed by atoms with Crippen LogP contribution in [0.5, 0.6) is 5.75 Å². The van der Waals surface area contributed by atoms with Crippen molar-refractivity contribution in [2.75, 3.05) is 7.05 Å². The zero-order valence-electron chi connectivity index (χ0n) is 12.0. The van der Waals surface area contributed by atoms with Gasteiger partial charge in [-0.05, 0) is 23.3 Å². The number of guanidine groups is 1. The van der Waals surface area contributed by atoms with E-state index in [9.17, 15) is 0 Å². The van der Waals surface area contributed by atoms with Crippen molar-refractivity contribution in [3.63, 3.8) is 0 Å². The molecule has 0 aliphatic heterocycles. The highest BCUT2D eigenvalue weighted by molar-refractivity contribution is 14.0. The minimum atomic E-state index is 0. The Morgan fingerprint density at radius 3 is 2.33 bits per heavy atom. The van der Waals surface area contributed by atoms with E-state index in [2.05, 4.69) is 10.3 Å². The number of nitrogens with one attached hydrogen (secondary N) is 1. The number of ether oxygens (including phenoxy) is 1. The van der Waals surface area contributed by atoms with Crippen molar-refractivity contribution in [2.24, 2.45) is 10.7 Å². The smallest absolute Gasteiger partial charge is 0.188 e. The topological polar surface area (TPSA) is 59.6 Å². The Labute approximate surface area is 142 Å². The molecule has 0 aliphatic rings. The maximum absolute atomic E-state index is 5.72. The molecule has 0 aliphatic carbocycles. The van der Waals surface area contributed by atoms with Crippen LogP contribution in [0.4, 0.5) is 0 Å². The predicted molar refractivity (Wildman–Crippen MR) is 97.0 cm³/mol. The number of nitrogens with two attached hydrogens (primary N) is 1. The summed E-state index contributed by atoms with van der Waals surface area (Å²) in [6.45, 7) is 1.23. The zero-order valence-corrected chi connectivity index (χ0v) is 14.3. The Balaban J connectivity index is 0.00000220. The largest absolute Gasteiger partial charge is 0.489 e. The van der Waals surface area contributed by atoms with E-state index in [1.54, 1.807) is 7.05 Å². The summed E-state index contributed by atoms with van der Waals surface area (Å²) in [4.78, 5) is 3.84. The summed E-state index contributed by atoms with van der Waals surface area (Å²) in [5.74, 6) is 1.30. The molecule has 0 radical (unpaired) electrons. The monoisotopic (exact) mass is 397 g/mol. The lowest BCUT2D eigenvalue weighted by atomic mass is 10.2. The van der Waals surface area contributed by atoms with Crippen LogP contribution in [-0.2, 0) is 13.2 Å². The van der Waals surface area contributed by atoms with Gasteiger partial charge in [0, 0.05) is 13.6 Å². The third-order valence-electron chi connectivity index (χ3n) is 2.89. The van der Waals surface area contributed by atoms with Crippen LogP contribution in [-0.4, -0.2) is 13.0 Å². The second-order valence-corrected chi connectivity index (χ2v) is 4.38. The van der Waals surface area contributed by atoms with Gasteiger partial charge < -0.3 is 15.8 Å². The van der Waals surface area contributed by atoms with Crippen LogP contribution in [0, 0.1) is 0 Å². The average molecular weight is 397 g/mol. The molecule has 0 atom stereocenters. The average Bonchev–Trinajstić information content (AvgIpc) is 2.52. The summed E-state index contributed by atoms with van der Waals surface area (Å²) in [6, 6.07) is 18.0. The van der Waals surface area contributed by atoms with Crippen LogP contribution in [0.3, 0.4) is 0 Å². The highest BCUT2D eigenvalue weighted by Gasteiger charge is 1.97. The predicted octanol–water partition coefficient (Wildman–Crippen LogP) is 2.92. The summed E-state index contributed by atoms with van der Waals surface area (Å²) in [6.07, 6.45) is 0. The van der Waals surface area contributed by atoms with Gasteiger partial charge in [0.1, 0.15) is 12.4 Å². The minimum Gasteiger partial charge on any atom is -0.489 e. The van der Waals surface area contributed by atoms with Crippen LogP contribution >= 0.6 is 24.0 Å². The molecule has 0 saturated heterocycles. The maximum atomic E-state index is 5.72. The van der Waals surface area contributed by atoms with Crippen LogP contribution in [0.2, 0.25) is 0 Å². The molecule has 0 bridgehead atoms. The molecule has 21 heavy (non-hydrogen) atoms. The van der Waals surface area contributed by atoms with Gasteiger partial charge in [0.2, 0.25) is 0 Å². The molecule has 0 unspecified atom stereocenters.